The highest BCUT2D eigenvalue weighted by Crippen LogP contribution is 2.30. The molecule has 1 saturated heterocycles. The number of hydrogen-bond donors (Lipinski definition) is 2. The number of hydrogen-bond acceptors (Lipinski definition) is 7. The van der Waals surface area contributed by atoms with E-state index in [4.69, 9.17) is 9.72 Å². The summed E-state index contributed by atoms with van der Waals surface area (Å²) >= 11 is 0. The van der Waals surface area contributed by atoms with E-state index in [9.17, 15) is 4.79 Å². The van der Waals surface area contributed by atoms with Crippen molar-refractivity contribution in [2.45, 2.75) is 32.6 Å². The number of para-hydroxylation sites is 3. The summed E-state index contributed by atoms with van der Waals surface area (Å²) < 4.78 is 6.04. The molecule has 0 aliphatic carbocycles. The molecule has 1 aliphatic rings. The highest BCUT2D eigenvalue weighted by molar-refractivity contribution is 5.92. The van der Waals surface area contributed by atoms with E-state index in [0.717, 1.165) is 77.6 Å². The molecule has 0 bridgehead atoms. The fourth-order valence-electron chi connectivity index (χ4n) is 6.13. The maximum atomic E-state index is 12.6. The molecule has 9 heteroatoms. The maximum Gasteiger partial charge on any atom is 0.230 e. The summed E-state index contributed by atoms with van der Waals surface area (Å²) in [6.07, 6.45) is 1.81. The van der Waals surface area contributed by atoms with Gasteiger partial charge in [0.15, 0.2) is 0 Å². The molecule has 244 valence electrons. The summed E-state index contributed by atoms with van der Waals surface area (Å²) in [5.74, 6) is 1.54. The van der Waals surface area contributed by atoms with Crippen LogP contribution in [0.3, 0.4) is 0 Å². The SMILES string of the molecule is CC(C)(C)c1ccc(-c2nc3c(N4CCN(CCOc5ccc(NC(=O)Cc6cnc7ccccc7n6)cc5)CC4)cccc3[nH]2)cc1. The molecule has 0 saturated carbocycles. The summed E-state index contributed by atoms with van der Waals surface area (Å²) in [5.41, 5.74) is 8.74. The van der Waals surface area contributed by atoms with E-state index in [1.54, 1.807) is 6.20 Å². The number of nitrogens with one attached hydrogen (secondary N) is 2. The number of imidazole rings is 1. The Morgan fingerprint density at radius 3 is 2.35 bits per heavy atom. The van der Waals surface area contributed by atoms with Crippen LogP contribution in [0, 0.1) is 0 Å². The van der Waals surface area contributed by atoms with E-state index in [1.165, 1.54) is 11.3 Å². The van der Waals surface area contributed by atoms with Gasteiger partial charge < -0.3 is 19.9 Å². The molecule has 0 atom stereocenters. The lowest BCUT2D eigenvalue weighted by Gasteiger charge is -2.36. The lowest BCUT2D eigenvalue weighted by Crippen LogP contribution is -2.47. The highest BCUT2D eigenvalue weighted by Gasteiger charge is 2.21. The third kappa shape index (κ3) is 7.16. The van der Waals surface area contributed by atoms with Crippen LogP contribution in [0.4, 0.5) is 11.4 Å². The largest absolute Gasteiger partial charge is 0.492 e. The summed E-state index contributed by atoms with van der Waals surface area (Å²) in [7, 11) is 0. The molecule has 2 N–H and O–H groups in total. The van der Waals surface area contributed by atoms with Gasteiger partial charge in [-0.15, -0.1) is 0 Å². The van der Waals surface area contributed by atoms with Gasteiger partial charge in [0.05, 0.1) is 34.4 Å². The zero-order valence-corrected chi connectivity index (χ0v) is 27.7. The maximum absolute atomic E-state index is 12.6. The number of carbonyl (C=O) groups is 1. The van der Waals surface area contributed by atoms with Gasteiger partial charge in [-0.05, 0) is 59.5 Å². The van der Waals surface area contributed by atoms with Gasteiger partial charge in [-0.1, -0.05) is 63.2 Å². The number of H-pyrrole nitrogens is 1. The van der Waals surface area contributed by atoms with Crippen LogP contribution in [0.15, 0.2) is 97.2 Å². The normalized spacial score (nSPS) is 14.0. The zero-order valence-electron chi connectivity index (χ0n) is 27.7. The van der Waals surface area contributed by atoms with E-state index in [0.29, 0.717) is 12.3 Å². The average Bonchev–Trinajstić information content (AvgIpc) is 3.54. The van der Waals surface area contributed by atoms with Crippen LogP contribution in [0.5, 0.6) is 5.75 Å². The molecule has 4 aromatic carbocycles. The van der Waals surface area contributed by atoms with Crippen molar-refractivity contribution in [1.82, 2.24) is 24.8 Å². The molecule has 1 fully saturated rings. The lowest BCUT2D eigenvalue weighted by molar-refractivity contribution is -0.115. The number of aromatic amines is 1. The first-order chi connectivity index (χ1) is 23.3. The summed E-state index contributed by atoms with van der Waals surface area (Å²) in [6, 6.07) is 30.3. The fourth-order valence-corrected chi connectivity index (χ4v) is 6.13. The molecule has 7 rings (SSSR count). The van der Waals surface area contributed by atoms with Crippen molar-refractivity contribution in [3.8, 4) is 17.1 Å². The Balaban J connectivity index is 0.878. The smallest absolute Gasteiger partial charge is 0.230 e. The van der Waals surface area contributed by atoms with Crippen LogP contribution in [-0.2, 0) is 16.6 Å². The lowest BCUT2D eigenvalue weighted by atomic mass is 9.87. The number of nitrogens with zero attached hydrogens (tertiary/aromatic N) is 5. The molecule has 0 unspecified atom stereocenters. The quantitative estimate of drug-likeness (QED) is 0.179. The van der Waals surface area contributed by atoms with Crippen LogP contribution >= 0.6 is 0 Å². The van der Waals surface area contributed by atoms with Crippen LogP contribution in [-0.4, -0.2) is 70.1 Å². The predicted molar refractivity (Wildman–Crippen MR) is 193 cm³/mol. The number of carbonyl (C=O) groups excluding carboxylic acids is 1. The van der Waals surface area contributed by atoms with Crippen LogP contribution in [0.2, 0.25) is 0 Å². The highest BCUT2D eigenvalue weighted by atomic mass is 16.5. The molecular weight excluding hydrogens is 598 g/mol. The van der Waals surface area contributed by atoms with Gasteiger partial charge in [-0.25, -0.2) is 9.97 Å². The third-order valence-corrected chi connectivity index (χ3v) is 8.88. The molecule has 48 heavy (non-hydrogen) atoms. The van der Waals surface area contributed by atoms with E-state index in [1.807, 2.05) is 48.5 Å². The molecular formula is C39H41N7O2. The van der Waals surface area contributed by atoms with Crippen molar-refractivity contribution in [2.75, 3.05) is 49.5 Å². The van der Waals surface area contributed by atoms with Gasteiger partial charge in [-0.2, -0.15) is 0 Å². The number of anilines is 2. The number of piperazine rings is 1. The monoisotopic (exact) mass is 639 g/mol. The van der Waals surface area contributed by atoms with E-state index >= 15 is 0 Å². The predicted octanol–water partition coefficient (Wildman–Crippen LogP) is 6.85. The zero-order chi connectivity index (χ0) is 33.1. The number of rotatable bonds is 9. The van der Waals surface area contributed by atoms with Crippen molar-refractivity contribution in [3.05, 3.63) is 108 Å². The van der Waals surface area contributed by atoms with Crippen molar-refractivity contribution < 1.29 is 9.53 Å². The Hall–Kier alpha value is -5.28. The van der Waals surface area contributed by atoms with Crippen LogP contribution in [0.25, 0.3) is 33.5 Å². The first-order valence-electron chi connectivity index (χ1n) is 16.6. The first kappa shape index (κ1) is 31.3. The number of fused-ring (bicyclic) bond motifs is 2. The summed E-state index contributed by atoms with van der Waals surface area (Å²) in [6.45, 7) is 11.9. The van der Waals surface area contributed by atoms with E-state index in [2.05, 4.69) is 93.3 Å². The average molecular weight is 640 g/mol. The Bertz CT molecular complexity index is 2020. The second-order valence-electron chi connectivity index (χ2n) is 13.4. The molecule has 1 aliphatic heterocycles. The molecule has 0 spiro atoms. The number of aromatic nitrogens is 4. The van der Waals surface area contributed by atoms with E-state index in [-0.39, 0.29) is 17.7 Å². The van der Waals surface area contributed by atoms with Gasteiger partial charge in [0.2, 0.25) is 5.91 Å². The van der Waals surface area contributed by atoms with Crippen LogP contribution in [0.1, 0.15) is 32.0 Å². The minimum absolute atomic E-state index is 0.122. The molecule has 3 heterocycles. The van der Waals surface area contributed by atoms with Crippen molar-refractivity contribution in [1.29, 1.82) is 0 Å². The van der Waals surface area contributed by atoms with Gasteiger partial charge in [0.25, 0.3) is 0 Å². The third-order valence-electron chi connectivity index (χ3n) is 8.88. The van der Waals surface area contributed by atoms with Crippen molar-refractivity contribution in [3.63, 3.8) is 0 Å². The molecule has 0 radical (unpaired) electrons. The van der Waals surface area contributed by atoms with Gasteiger partial charge in [-0.3, -0.25) is 14.7 Å². The summed E-state index contributed by atoms with van der Waals surface area (Å²) in [4.78, 5) is 35.0. The van der Waals surface area contributed by atoms with Gasteiger partial charge in [0.1, 0.15) is 23.7 Å². The van der Waals surface area contributed by atoms with Crippen LogP contribution < -0.4 is 15.0 Å². The van der Waals surface area contributed by atoms with Gasteiger partial charge in [0, 0.05) is 50.2 Å². The first-order valence-corrected chi connectivity index (χ1v) is 16.6. The molecule has 9 nitrogen and oxygen atoms in total. The molecule has 1 amide bonds. The fraction of sp³-hybridized carbons (Fsp3) is 0.282. The Labute approximate surface area is 281 Å². The number of benzene rings is 4. The van der Waals surface area contributed by atoms with Gasteiger partial charge >= 0.3 is 0 Å². The second-order valence-corrected chi connectivity index (χ2v) is 13.4. The minimum Gasteiger partial charge on any atom is -0.492 e. The number of amides is 1. The Morgan fingerprint density at radius 2 is 1.60 bits per heavy atom. The summed E-state index contributed by atoms with van der Waals surface area (Å²) in [5, 5.41) is 2.94. The topological polar surface area (TPSA) is 99.3 Å². The Kier molecular flexibility index (Phi) is 8.78. The van der Waals surface area contributed by atoms with E-state index < -0.39 is 0 Å². The molecule has 6 aromatic rings. The van der Waals surface area contributed by atoms with Crippen molar-refractivity contribution >= 4 is 39.3 Å². The molecule has 2 aromatic heterocycles. The van der Waals surface area contributed by atoms with Crippen molar-refractivity contribution in [2.24, 2.45) is 0 Å². The minimum atomic E-state index is -0.137. The second kappa shape index (κ2) is 13.4. The standard InChI is InChI=1S/C39H41N7O2/c1-39(2,3)28-13-11-27(12-14-28)38-43-34-9-6-10-35(37(34)44-38)46-21-19-45(20-22-46)23-24-48-31-17-15-29(16-18-31)42-36(47)25-30-26-40-32-7-4-5-8-33(32)41-30/h4-18,26H,19-25H2,1-3H3,(H,42,47)(H,43,44). The Morgan fingerprint density at radius 1 is 0.854 bits per heavy atom. The number of ether oxygens (including phenoxy) is 1.